The van der Waals surface area contributed by atoms with Crippen LogP contribution in [0.1, 0.15) is 55.3 Å². The number of likely N-dealkylation sites (tertiary alicyclic amines) is 1. The van der Waals surface area contributed by atoms with E-state index in [1.807, 2.05) is 26.0 Å². The fourth-order valence-electron chi connectivity index (χ4n) is 3.61. The first-order valence-corrected chi connectivity index (χ1v) is 8.77. The number of phenols is 1. The largest absolute Gasteiger partial charge is 0.504 e. The fraction of sp³-hybridized carbons (Fsp3) is 0.526. The number of aryl methyl sites for hydroxylation is 2. The van der Waals surface area contributed by atoms with E-state index >= 15 is 0 Å². The van der Waals surface area contributed by atoms with E-state index in [2.05, 4.69) is 17.0 Å². The summed E-state index contributed by atoms with van der Waals surface area (Å²) in [6, 6.07) is 5.98. The molecule has 0 bridgehead atoms. The lowest BCUT2D eigenvalue weighted by atomic mass is 10.0. The predicted octanol–water partition coefficient (Wildman–Crippen LogP) is 3.99. The lowest BCUT2D eigenvalue weighted by molar-refractivity contribution is 0.244. The standard InChI is InChI=1S/C19H26N2O3/c1-4-17-19(13(3)20-24-17)15-7-6-10-21(15)12-14-8-9-16(22)18(11-14)23-5-2/h8-9,11,15,22H,4-7,10,12H2,1-3H3. The molecule has 0 radical (unpaired) electrons. The van der Waals surface area contributed by atoms with E-state index in [9.17, 15) is 5.11 Å². The van der Waals surface area contributed by atoms with Crippen LogP contribution in [-0.2, 0) is 13.0 Å². The fourth-order valence-corrected chi connectivity index (χ4v) is 3.61. The van der Waals surface area contributed by atoms with E-state index in [0.717, 1.165) is 42.9 Å². The number of ether oxygens (including phenoxy) is 1. The Morgan fingerprint density at radius 2 is 2.21 bits per heavy atom. The van der Waals surface area contributed by atoms with Gasteiger partial charge in [-0.15, -0.1) is 0 Å². The number of hydrogen-bond donors (Lipinski definition) is 1. The molecule has 5 nitrogen and oxygen atoms in total. The van der Waals surface area contributed by atoms with Crippen molar-refractivity contribution in [2.45, 2.75) is 52.6 Å². The van der Waals surface area contributed by atoms with Crippen LogP contribution in [0.3, 0.4) is 0 Å². The molecule has 2 heterocycles. The summed E-state index contributed by atoms with van der Waals surface area (Å²) in [4.78, 5) is 2.47. The second-order valence-corrected chi connectivity index (χ2v) is 6.32. The normalized spacial score (nSPS) is 18.2. The van der Waals surface area contributed by atoms with Gasteiger partial charge in [0.15, 0.2) is 11.5 Å². The van der Waals surface area contributed by atoms with Crippen molar-refractivity contribution >= 4 is 0 Å². The van der Waals surface area contributed by atoms with Crippen molar-refractivity contribution in [3.05, 3.63) is 40.8 Å². The van der Waals surface area contributed by atoms with Crippen molar-refractivity contribution in [2.24, 2.45) is 0 Å². The van der Waals surface area contributed by atoms with Gasteiger partial charge in [-0.2, -0.15) is 0 Å². The first-order chi connectivity index (χ1) is 11.6. The molecule has 0 amide bonds. The van der Waals surface area contributed by atoms with Crippen molar-refractivity contribution in [3.63, 3.8) is 0 Å². The third-order valence-electron chi connectivity index (χ3n) is 4.71. The second kappa shape index (κ2) is 7.26. The molecule has 0 aliphatic carbocycles. The summed E-state index contributed by atoms with van der Waals surface area (Å²) in [5.74, 6) is 1.76. The van der Waals surface area contributed by atoms with Crippen molar-refractivity contribution in [3.8, 4) is 11.5 Å². The first-order valence-electron chi connectivity index (χ1n) is 8.77. The van der Waals surface area contributed by atoms with Crippen molar-refractivity contribution in [2.75, 3.05) is 13.2 Å². The minimum Gasteiger partial charge on any atom is -0.504 e. The maximum atomic E-state index is 9.87. The van der Waals surface area contributed by atoms with Gasteiger partial charge in [0.25, 0.3) is 0 Å². The molecule has 1 aliphatic rings. The Bertz CT molecular complexity index is 696. The molecule has 1 saturated heterocycles. The van der Waals surface area contributed by atoms with Gasteiger partial charge < -0.3 is 14.4 Å². The summed E-state index contributed by atoms with van der Waals surface area (Å²) in [5.41, 5.74) is 3.42. The Morgan fingerprint density at radius 1 is 1.38 bits per heavy atom. The summed E-state index contributed by atoms with van der Waals surface area (Å²) in [6.45, 7) is 8.49. The third-order valence-corrected chi connectivity index (χ3v) is 4.71. The smallest absolute Gasteiger partial charge is 0.161 e. The van der Waals surface area contributed by atoms with E-state index in [-0.39, 0.29) is 5.75 Å². The predicted molar refractivity (Wildman–Crippen MR) is 92.3 cm³/mol. The number of phenolic OH excluding ortho intramolecular Hbond substituents is 1. The van der Waals surface area contributed by atoms with Crippen LogP contribution in [0.2, 0.25) is 0 Å². The van der Waals surface area contributed by atoms with Gasteiger partial charge in [0.05, 0.1) is 12.3 Å². The minimum absolute atomic E-state index is 0.196. The lowest BCUT2D eigenvalue weighted by Crippen LogP contribution is -2.23. The topological polar surface area (TPSA) is 58.7 Å². The molecule has 1 atom stereocenters. The molecule has 0 saturated carbocycles. The Morgan fingerprint density at radius 3 is 2.96 bits per heavy atom. The monoisotopic (exact) mass is 330 g/mol. The highest BCUT2D eigenvalue weighted by Gasteiger charge is 2.31. The van der Waals surface area contributed by atoms with Crippen LogP contribution in [-0.4, -0.2) is 28.3 Å². The number of hydrogen-bond acceptors (Lipinski definition) is 5. The van der Waals surface area contributed by atoms with Crippen LogP contribution in [0.15, 0.2) is 22.7 Å². The molecule has 130 valence electrons. The molecule has 2 aromatic rings. The number of rotatable bonds is 6. The quantitative estimate of drug-likeness (QED) is 0.868. The van der Waals surface area contributed by atoms with E-state index in [0.29, 0.717) is 18.4 Å². The molecule has 1 aromatic carbocycles. The van der Waals surface area contributed by atoms with E-state index in [1.165, 1.54) is 12.0 Å². The Hall–Kier alpha value is -2.01. The highest BCUT2D eigenvalue weighted by molar-refractivity contribution is 5.42. The van der Waals surface area contributed by atoms with Crippen molar-refractivity contribution in [1.82, 2.24) is 10.1 Å². The van der Waals surface area contributed by atoms with Crippen LogP contribution in [0, 0.1) is 6.92 Å². The molecule has 1 fully saturated rings. The zero-order chi connectivity index (χ0) is 17.1. The number of aromatic hydroxyl groups is 1. The van der Waals surface area contributed by atoms with Gasteiger partial charge in [-0.1, -0.05) is 18.1 Å². The van der Waals surface area contributed by atoms with E-state index in [1.54, 1.807) is 6.07 Å². The maximum Gasteiger partial charge on any atom is 0.161 e. The molecule has 5 heteroatoms. The Kier molecular flexibility index (Phi) is 5.09. The van der Waals surface area contributed by atoms with Crippen LogP contribution in [0.4, 0.5) is 0 Å². The van der Waals surface area contributed by atoms with Crippen LogP contribution in [0.25, 0.3) is 0 Å². The van der Waals surface area contributed by atoms with Gasteiger partial charge in [-0.3, -0.25) is 4.90 Å². The van der Waals surface area contributed by atoms with Gasteiger partial charge in [-0.25, -0.2) is 0 Å². The highest BCUT2D eigenvalue weighted by Crippen LogP contribution is 2.37. The average molecular weight is 330 g/mol. The van der Waals surface area contributed by atoms with Gasteiger partial charge in [0, 0.05) is 24.6 Å². The number of nitrogens with zero attached hydrogens (tertiary/aromatic N) is 2. The van der Waals surface area contributed by atoms with Gasteiger partial charge in [0.1, 0.15) is 5.76 Å². The van der Waals surface area contributed by atoms with E-state index < -0.39 is 0 Å². The van der Waals surface area contributed by atoms with Crippen LogP contribution >= 0.6 is 0 Å². The molecule has 24 heavy (non-hydrogen) atoms. The van der Waals surface area contributed by atoms with Crippen molar-refractivity contribution in [1.29, 1.82) is 0 Å². The van der Waals surface area contributed by atoms with Crippen molar-refractivity contribution < 1.29 is 14.4 Å². The summed E-state index contributed by atoms with van der Waals surface area (Å²) >= 11 is 0. The van der Waals surface area contributed by atoms with Crippen LogP contribution in [0.5, 0.6) is 11.5 Å². The van der Waals surface area contributed by atoms with Gasteiger partial charge >= 0.3 is 0 Å². The molecular formula is C19H26N2O3. The average Bonchev–Trinajstić information content (AvgIpc) is 3.16. The molecule has 1 aliphatic heterocycles. The minimum atomic E-state index is 0.196. The first kappa shape index (κ1) is 16.8. The maximum absolute atomic E-state index is 9.87. The molecular weight excluding hydrogens is 304 g/mol. The Balaban J connectivity index is 1.82. The molecule has 1 unspecified atom stereocenters. The Labute approximate surface area is 143 Å². The molecule has 1 N–H and O–H groups in total. The zero-order valence-corrected chi connectivity index (χ0v) is 14.7. The molecule has 0 spiro atoms. The zero-order valence-electron chi connectivity index (χ0n) is 14.7. The highest BCUT2D eigenvalue weighted by atomic mass is 16.5. The van der Waals surface area contributed by atoms with E-state index in [4.69, 9.17) is 9.26 Å². The molecule has 1 aromatic heterocycles. The summed E-state index contributed by atoms with van der Waals surface area (Å²) in [7, 11) is 0. The van der Waals surface area contributed by atoms with Gasteiger partial charge in [-0.05, 0) is 50.9 Å². The lowest BCUT2D eigenvalue weighted by Gasteiger charge is -2.25. The second-order valence-electron chi connectivity index (χ2n) is 6.32. The summed E-state index contributed by atoms with van der Waals surface area (Å²) in [5, 5.41) is 14.0. The third kappa shape index (κ3) is 3.26. The van der Waals surface area contributed by atoms with Crippen LogP contribution < -0.4 is 4.74 Å². The summed E-state index contributed by atoms with van der Waals surface area (Å²) in [6.07, 6.45) is 3.18. The van der Waals surface area contributed by atoms with Gasteiger partial charge in [0.2, 0.25) is 0 Å². The SMILES string of the molecule is CCOc1cc(CN2CCCC2c2c(C)noc2CC)ccc1O. The summed E-state index contributed by atoms with van der Waals surface area (Å²) < 4.78 is 11.0. The number of aromatic nitrogens is 1. The number of benzene rings is 1. The molecule has 3 rings (SSSR count).